The van der Waals surface area contributed by atoms with Crippen LogP contribution in [0.1, 0.15) is 5.56 Å². The Balaban J connectivity index is 1.45. The Hall–Kier alpha value is -3.34. The van der Waals surface area contributed by atoms with E-state index in [0.717, 1.165) is 17.3 Å². The minimum Gasteiger partial charge on any atom is -0.497 e. The van der Waals surface area contributed by atoms with E-state index < -0.39 is 6.61 Å². The summed E-state index contributed by atoms with van der Waals surface area (Å²) in [6.45, 7) is -2.46. The Kier molecular flexibility index (Phi) is 8.26. The van der Waals surface area contributed by atoms with Crippen LogP contribution < -0.4 is 19.5 Å². The van der Waals surface area contributed by atoms with Crippen molar-refractivity contribution in [3.8, 4) is 28.7 Å². The van der Waals surface area contributed by atoms with Crippen LogP contribution in [0.2, 0.25) is 0 Å². The molecular formula is C21H21F2N3O5S. The number of carbonyl (C=O) groups excluding carboxylic acids is 1. The number of benzene rings is 2. The molecule has 0 radical (unpaired) electrons. The van der Waals surface area contributed by atoms with E-state index in [9.17, 15) is 13.6 Å². The van der Waals surface area contributed by atoms with Gasteiger partial charge in [0.2, 0.25) is 5.91 Å². The highest BCUT2D eigenvalue weighted by Crippen LogP contribution is 2.33. The molecule has 3 aromatic rings. The van der Waals surface area contributed by atoms with Gasteiger partial charge in [-0.25, -0.2) is 0 Å². The molecule has 1 amide bonds. The molecule has 0 aliphatic heterocycles. The highest BCUT2D eigenvalue weighted by Gasteiger charge is 2.15. The molecule has 0 aliphatic rings. The van der Waals surface area contributed by atoms with E-state index in [-0.39, 0.29) is 28.5 Å². The number of nitrogens with zero attached hydrogens (tertiary/aromatic N) is 2. The molecule has 0 fully saturated rings. The number of thioether (sulfide) groups is 1. The number of methoxy groups -OCH3 is 2. The second kappa shape index (κ2) is 11.3. The molecule has 8 nitrogen and oxygen atoms in total. The molecule has 2 aromatic carbocycles. The Morgan fingerprint density at radius 1 is 1.09 bits per heavy atom. The van der Waals surface area contributed by atoms with Gasteiger partial charge in [-0.15, -0.1) is 10.2 Å². The zero-order chi connectivity index (χ0) is 22.9. The SMILES string of the molecule is COc1ccc(-c2nnc(SCC(=O)NCCc3ccc(OC(F)F)cc3)o2)c(OC)c1. The second-order valence-corrected chi connectivity index (χ2v) is 7.28. The molecule has 11 heteroatoms. The fourth-order valence-electron chi connectivity index (χ4n) is 2.71. The van der Waals surface area contributed by atoms with Crippen LogP contribution in [0.15, 0.2) is 52.1 Å². The third-order valence-corrected chi connectivity index (χ3v) is 5.08. The van der Waals surface area contributed by atoms with Gasteiger partial charge in [0.05, 0.1) is 25.5 Å². The van der Waals surface area contributed by atoms with Gasteiger partial charge in [0.1, 0.15) is 17.2 Å². The summed E-state index contributed by atoms with van der Waals surface area (Å²) in [5, 5.41) is 11.0. The predicted molar refractivity (Wildman–Crippen MR) is 113 cm³/mol. The zero-order valence-electron chi connectivity index (χ0n) is 17.3. The minimum atomic E-state index is -2.86. The quantitative estimate of drug-likeness (QED) is 0.427. The summed E-state index contributed by atoms with van der Waals surface area (Å²) in [7, 11) is 3.09. The van der Waals surface area contributed by atoms with Gasteiger partial charge in [0.15, 0.2) is 0 Å². The summed E-state index contributed by atoms with van der Waals surface area (Å²) in [6, 6.07) is 11.5. The average Bonchev–Trinajstić information content (AvgIpc) is 3.27. The van der Waals surface area contributed by atoms with Crippen molar-refractivity contribution in [2.24, 2.45) is 0 Å². The Morgan fingerprint density at radius 2 is 1.84 bits per heavy atom. The molecule has 0 atom stereocenters. The molecule has 3 rings (SSSR count). The number of ether oxygens (including phenoxy) is 3. The third-order valence-electron chi connectivity index (χ3n) is 4.26. The highest BCUT2D eigenvalue weighted by molar-refractivity contribution is 7.99. The van der Waals surface area contributed by atoms with Crippen molar-refractivity contribution in [2.75, 3.05) is 26.5 Å². The number of carbonyl (C=O) groups is 1. The van der Waals surface area contributed by atoms with E-state index in [1.54, 1.807) is 37.4 Å². The van der Waals surface area contributed by atoms with Crippen LogP contribution in [0.5, 0.6) is 17.2 Å². The Bertz CT molecular complexity index is 1030. The van der Waals surface area contributed by atoms with Crippen molar-refractivity contribution in [3.63, 3.8) is 0 Å². The fraction of sp³-hybridized carbons (Fsp3) is 0.286. The van der Waals surface area contributed by atoms with E-state index in [1.807, 2.05) is 0 Å². The molecule has 0 saturated carbocycles. The lowest BCUT2D eigenvalue weighted by Crippen LogP contribution is -2.27. The van der Waals surface area contributed by atoms with Gasteiger partial charge in [-0.3, -0.25) is 4.79 Å². The van der Waals surface area contributed by atoms with Crippen LogP contribution in [0.3, 0.4) is 0 Å². The van der Waals surface area contributed by atoms with E-state index in [2.05, 4.69) is 20.3 Å². The predicted octanol–water partition coefficient (Wildman–Crippen LogP) is 3.81. The minimum absolute atomic E-state index is 0.0929. The maximum atomic E-state index is 12.2. The molecule has 170 valence electrons. The van der Waals surface area contributed by atoms with E-state index in [4.69, 9.17) is 13.9 Å². The van der Waals surface area contributed by atoms with Crippen LogP contribution in [0.25, 0.3) is 11.5 Å². The van der Waals surface area contributed by atoms with Gasteiger partial charge >= 0.3 is 6.61 Å². The van der Waals surface area contributed by atoms with Crippen molar-refractivity contribution in [1.29, 1.82) is 0 Å². The molecule has 32 heavy (non-hydrogen) atoms. The van der Waals surface area contributed by atoms with E-state index in [1.165, 1.54) is 19.2 Å². The molecule has 1 N–H and O–H groups in total. The van der Waals surface area contributed by atoms with Gasteiger partial charge < -0.3 is 23.9 Å². The number of amides is 1. The molecule has 0 bridgehead atoms. The second-order valence-electron chi connectivity index (χ2n) is 6.35. The topological polar surface area (TPSA) is 95.7 Å². The van der Waals surface area contributed by atoms with E-state index >= 15 is 0 Å². The van der Waals surface area contributed by atoms with E-state index in [0.29, 0.717) is 30.0 Å². The van der Waals surface area contributed by atoms with Gasteiger partial charge in [-0.2, -0.15) is 8.78 Å². The summed E-state index contributed by atoms with van der Waals surface area (Å²) < 4.78 is 44.7. The molecular weight excluding hydrogens is 444 g/mol. The number of aromatic nitrogens is 2. The van der Waals surface area contributed by atoms with Crippen molar-refractivity contribution < 1.29 is 32.2 Å². The average molecular weight is 465 g/mol. The van der Waals surface area contributed by atoms with Crippen LogP contribution in [0, 0.1) is 0 Å². The standard InChI is InChI=1S/C21H21F2N3O5S/c1-28-15-7-8-16(17(11-15)29-2)19-25-26-21(31-19)32-12-18(27)24-10-9-13-3-5-14(6-4-13)30-20(22)23/h3-8,11,20H,9-10,12H2,1-2H3,(H,24,27). The van der Waals surface area contributed by atoms with Crippen LogP contribution in [-0.2, 0) is 11.2 Å². The number of alkyl halides is 2. The lowest BCUT2D eigenvalue weighted by Gasteiger charge is -2.07. The lowest BCUT2D eigenvalue weighted by molar-refractivity contribution is -0.118. The third kappa shape index (κ3) is 6.58. The maximum absolute atomic E-state index is 12.2. The van der Waals surface area contributed by atoms with Crippen LogP contribution >= 0.6 is 11.8 Å². The largest absolute Gasteiger partial charge is 0.497 e. The lowest BCUT2D eigenvalue weighted by atomic mass is 10.1. The van der Waals surface area contributed by atoms with Crippen molar-refractivity contribution in [3.05, 3.63) is 48.0 Å². The monoisotopic (exact) mass is 465 g/mol. The highest BCUT2D eigenvalue weighted by atomic mass is 32.2. The van der Waals surface area contributed by atoms with Crippen molar-refractivity contribution in [1.82, 2.24) is 15.5 Å². The van der Waals surface area contributed by atoms with Crippen molar-refractivity contribution in [2.45, 2.75) is 18.3 Å². The molecule has 0 saturated heterocycles. The summed E-state index contributed by atoms with van der Waals surface area (Å²) in [6.07, 6.45) is 0.549. The number of hydrogen-bond acceptors (Lipinski definition) is 8. The molecule has 0 aliphatic carbocycles. The number of hydrogen-bond donors (Lipinski definition) is 1. The normalized spacial score (nSPS) is 10.8. The summed E-state index contributed by atoms with van der Waals surface area (Å²) in [4.78, 5) is 12.1. The van der Waals surface area contributed by atoms with Crippen LogP contribution in [-0.4, -0.2) is 49.2 Å². The Morgan fingerprint density at radius 3 is 2.53 bits per heavy atom. The fourth-order valence-corrected chi connectivity index (χ4v) is 3.31. The first kappa shape index (κ1) is 23.3. The molecule has 0 spiro atoms. The van der Waals surface area contributed by atoms with Gasteiger partial charge in [-0.05, 0) is 36.2 Å². The Labute approximate surface area is 187 Å². The number of nitrogens with one attached hydrogen (secondary N) is 1. The summed E-state index contributed by atoms with van der Waals surface area (Å²) in [5.74, 6) is 1.42. The number of rotatable bonds is 11. The molecule has 1 heterocycles. The first-order valence-electron chi connectivity index (χ1n) is 9.47. The first-order chi connectivity index (χ1) is 15.5. The maximum Gasteiger partial charge on any atom is 0.387 e. The summed E-state index contributed by atoms with van der Waals surface area (Å²) >= 11 is 1.11. The van der Waals surface area contributed by atoms with Crippen molar-refractivity contribution >= 4 is 17.7 Å². The number of halogens is 2. The van der Waals surface area contributed by atoms with Gasteiger partial charge in [0.25, 0.3) is 11.1 Å². The summed E-state index contributed by atoms with van der Waals surface area (Å²) in [5.41, 5.74) is 1.50. The van der Waals surface area contributed by atoms with Crippen LogP contribution in [0.4, 0.5) is 8.78 Å². The first-order valence-corrected chi connectivity index (χ1v) is 10.5. The molecule has 0 unspecified atom stereocenters. The zero-order valence-corrected chi connectivity index (χ0v) is 18.2. The smallest absolute Gasteiger partial charge is 0.387 e. The van der Waals surface area contributed by atoms with Gasteiger partial charge in [0, 0.05) is 12.6 Å². The van der Waals surface area contributed by atoms with Gasteiger partial charge in [-0.1, -0.05) is 23.9 Å². The molecule has 1 aromatic heterocycles.